The number of nitrogens with zero attached hydrogens (tertiary/aromatic N) is 3. The maximum atomic E-state index is 14.4. The van der Waals surface area contributed by atoms with E-state index >= 15 is 0 Å². The molecule has 10 nitrogen and oxygen atoms in total. The Morgan fingerprint density at radius 1 is 1.20 bits per heavy atom. The highest BCUT2D eigenvalue weighted by molar-refractivity contribution is 5.94. The van der Waals surface area contributed by atoms with Crippen LogP contribution in [0.2, 0.25) is 0 Å². The molecule has 1 saturated heterocycles. The van der Waals surface area contributed by atoms with Crippen LogP contribution in [0.25, 0.3) is 11.3 Å². The van der Waals surface area contributed by atoms with Crippen LogP contribution in [-0.4, -0.2) is 87.2 Å². The molecule has 2 aliphatic carbocycles. The van der Waals surface area contributed by atoms with E-state index in [9.17, 15) is 27.2 Å². The lowest BCUT2D eigenvalue weighted by molar-refractivity contribution is -0.290. The molecule has 224 valence electrons. The van der Waals surface area contributed by atoms with Crippen molar-refractivity contribution in [2.24, 2.45) is 5.92 Å². The first kappa shape index (κ1) is 29.2. The quantitative estimate of drug-likeness (QED) is 0.407. The van der Waals surface area contributed by atoms with Crippen LogP contribution in [0.5, 0.6) is 5.88 Å². The average Bonchev–Trinajstić information content (AvgIpc) is 3.53. The van der Waals surface area contributed by atoms with E-state index < -0.39 is 42.4 Å². The summed E-state index contributed by atoms with van der Waals surface area (Å²) in [4.78, 5) is 32.1. The molecule has 0 unspecified atom stereocenters. The summed E-state index contributed by atoms with van der Waals surface area (Å²) in [5.41, 5.74) is -2.19. The second kappa shape index (κ2) is 11.2. The summed E-state index contributed by atoms with van der Waals surface area (Å²) in [5.74, 6) is -1.28. The fourth-order valence-corrected chi connectivity index (χ4v) is 6.10. The Labute approximate surface area is 233 Å². The van der Waals surface area contributed by atoms with Gasteiger partial charge in [0, 0.05) is 35.7 Å². The molecule has 3 aliphatic rings. The lowest BCUT2D eigenvalue weighted by Gasteiger charge is -2.42. The fraction of sp³-hybridized carbons (Fsp3) is 0.630. The van der Waals surface area contributed by atoms with Crippen molar-refractivity contribution in [3.05, 3.63) is 29.8 Å². The number of halogens is 4. The fourth-order valence-electron chi connectivity index (χ4n) is 6.10. The van der Waals surface area contributed by atoms with Gasteiger partial charge in [0.15, 0.2) is 17.1 Å². The van der Waals surface area contributed by atoms with Gasteiger partial charge in [-0.05, 0) is 57.4 Å². The number of nitrogens with one attached hydrogen (secondary N) is 2. The summed E-state index contributed by atoms with van der Waals surface area (Å²) in [5, 5.41) is 18.7. The zero-order valence-electron chi connectivity index (χ0n) is 22.6. The molecule has 0 radical (unpaired) electrons. The lowest BCUT2D eigenvalue weighted by Crippen LogP contribution is -2.55. The van der Waals surface area contributed by atoms with Crippen LogP contribution in [0, 0.1) is 11.7 Å². The summed E-state index contributed by atoms with van der Waals surface area (Å²) in [6.45, 7) is -0.570. The monoisotopic (exact) mass is 583 g/mol. The smallest absolute Gasteiger partial charge is 0.417 e. The SMILES string of the molecule is COc1cc(-c2cc(C(=O)N3CC[C@H](C(=O)N[C@H]4CC[C@@](OCCO)(C(F)(F)F)CC4)CC34CC4)n[nH]2)c(F)cn1. The Morgan fingerprint density at radius 3 is 2.56 bits per heavy atom. The second-order valence-corrected chi connectivity index (χ2v) is 11.1. The van der Waals surface area contributed by atoms with E-state index in [2.05, 4.69) is 20.5 Å². The Balaban J connectivity index is 1.19. The van der Waals surface area contributed by atoms with Gasteiger partial charge in [0.2, 0.25) is 11.8 Å². The minimum atomic E-state index is -4.57. The summed E-state index contributed by atoms with van der Waals surface area (Å²) in [6.07, 6.45) is -1.57. The maximum Gasteiger partial charge on any atom is 0.417 e. The number of aliphatic hydroxyl groups is 1. The van der Waals surface area contributed by atoms with Gasteiger partial charge in [0.1, 0.15) is 0 Å². The van der Waals surface area contributed by atoms with E-state index in [1.165, 1.54) is 19.2 Å². The Bertz CT molecular complexity index is 1270. The van der Waals surface area contributed by atoms with Crippen LogP contribution in [0.1, 0.15) is 61.9 Å². The molecule has 3 fully saturated rings. The van der Waals surface area contributed by atoms with Crippen molar-refractivity contribution in [3.8, 4) is 17.1 Å². The number of hydrogen-bond acceptors (Lipinski definition) is 7. The molecule has 0 bridgehead atoms. The van der Waals surface area contributed by atoms with Crippen molar-refractivity contribution in [1.82, 2.24) is 25.4 Å². The number of hydrogen-bond donors (Lipinski definition) is 3. The topological polar surface area (TPSA) is 130 Å². The van der Waals surface area contributed by atoms with E-state index in [0.717, 1.165) is 19.0 Å². The average molecular weight is 584 g/mol. The van der Waals surface area contributed by atoms with Gasteiger partial charge in [0.25, 0.3) is 5.91 Å². The van der Waals surface area contributed by atoms with Crippen LogP contribution in [0.3, 0.4) is 0 Å². The molecule has 3 heterocycles. The first-order valence-electron chi connectivity index (χ1n) is 13.7. The Morgan fingerprint density at radius 2 is 1.93 bits per heavy atom. The highest BCUT2D eigenvalue weighted by Gasteiger charge is 2.58. The van der Waals surface area contributed by atoms with Crippen LogP contribution in [0.15, 0.2) is 18.3 Å². The van der Waals surface area contributed by atoms with Gasteiger partial charge < -0.3 is 24.8 Å². The number of aromatic amines is 1. The summed E-state index contributed by atoms with van der Waals surface area (Å²) in [6, 6.07) is 2.48. The van der Waals surface area contributed by atoms with Gasteiger partial charge in [-0.15, -0.1) is 0 Å². The van der Waals surface area contributed by atoms with Crippen molar-refractivity contribution >= 4 is 11.8 Å². The van der Waals surface area contributed by atoms with Crippen molar-refractivity contribution in [2.75, 3.05) is 26.9 Å². The molecule has 2 saturated carbocycles. The minimum absolute atomic E-state index is 0.116. The first-order valence-corrected chi connectivity index (χ1v) is 13.7. The number of pyridine rings is 1. The van der Waals surface area contributed by atoms with E-state index in [1.807, 2.05) is 0 Å². The van der Waals surface area contributed by atoms with Gasteiger partial charge in [-0.2, -0.15) is 18.3 Å². The number of aromatic nitrogens is 3. The Hall–Kier alpha value is -3.26. The molecule has 2 aromatic rings. The molecule has 1 atom stereocenters. The van der Waals surface area contributed by atoms with Crippen LogP contribution < -0.4 is 10.1 Å². The molecule has 2 aromatic heterocycles. The molecule has 14 heteroatoms. The summed E-state index contributed by atoms with van der Waals surface area (Å²) >= 11 is 0. The van der Waals surface area contributed by atoms with E-state index in [4.69, 9.17) is 14.6 Å². The lowest BCUT2D eigenvalue weighted by atomic mass is 9.80. The van der Waals surface area contributed by atoms with Crippen LogP contribution in [0.4, 0.5) is 17.6 Å². The zero-order valence-corrected chi connectivity index (χ0v) is 22.6. The largest absolute Gasteiger partial charge is 0.481 e. The number of H-pyrrole nitrogens is 1. The number of carbonyl (C=O) groups is 2. The van der Waals surface area contributed by atoms with E-state index in [0.29, 0.717) is 25.1 Å². The summed E-state index contributed by atoms with van der Waals surface area (Å²) < 4.78 is 65.5. The molecule has 5 rings (SSSR count). The molecule has 41 heavy (non-hydrogen) atoms. The summed E-state index contributed by atoms with van der Waals surface area (Å²) in [7, 11) is 1.41. The number of piperidine rings is 1. The number of aliphatic hydroxyl groups excluding tert-OH is 1. The number of amides is 2. The highest BCUT2D eigenvalue weighted by atomic mass is 19.4. The van der Waals surface area contributed by atoms with Crippen molar-refractivity contribution in [1.29, 1.82) is 0 Å². The number of carbonyl (C=O) groups excluding carboxylic acids is 2. The number of likely N-dealkylation sites (tertiary alicyclic amines) is 1. The first-order chi connectivity index (χ1) is 19.5. The maximum absolute atomic E-state index is 14.4. The van der Waals surface area contributed by atoms with E-state index in [-0.39, 0.29) is 60.6 Å². The van der Waals surface area contributed by atoms with Crippen molar-refractivity contribution in [3.63, 3.8) is 0 Å². The third-order valence-electron chi connectivity index (χ3n) is 8.60. The molecular weight excluding hydrogens is 550 g/mol. The van der Waals surface area contributed by atoms with Gasteiger partial charge in [-0.25, -0.2) is 9.37 Å². The zero-order chi connectivity index (χ0) is 29.4. The molecule has 3 N–H and O–H groups in total. The predicted octanol–water partition coefficient (Wildman–Crippen LogP) is 3.37. The molecular formula is C27H33F4N5O5. The van der Waals surface area contributed by atoms with Gasteiger partial charge >= 0.3 is 6.18 Å². The van der Waals surface area contributed by atoms with Gasteiger partial charge in [-0.3, -0.25) is 14.7 Å². The van der Waals surface area contributed by atoms with E-state index in [1.54, 1.807) is 4.90 Å². The minimum Gasteiger partial charge on any atom is -0.481 e. The number of methoxy groups -OCH3 is 1. The van der Waals surface area contributed by atoms with Crippen molar-refractivity contribution < 1.29 is 41.7 Å². The van der Waals surface area contributed by atoms with Crippen LogP contribution in [-0.2, 0) is 9.53 Å². The second-order valence-electron chi connectivity index (χ2n) is 11.1. The van der Waals surface area contributed by atoms with Crippen LogP contribution >= 0.6 is 0 Å². The number of alkyl halides is 3. The third kappa shape index (κ3) is 5.76. The van der Waals surface area contributed by atoms with Gasteiger partial charge in [0.05, 0.1) is 32.2 Å². The normalized spacial score (nSPS) is 25.7. The molecule has 1 aliphatic heterocycles. The van der Waals surface area contributed by atoms with Crippen molar-refractivity contribution in [2.45, 2.75) is 74.7 Å². The van der Waals surface area contributed by atoms with Gasteiger partial charge in [-0.1, -0.05) is 0 Å². The predicted molar refractivity (Wildman–Crippen MR) is 136 cm³/mol. The standard InChI is InChI=1S/C27H33F4N5O5/c1-40-22-12-18(19(28)15-32-22)20-13-21(35-34-20)24(39)36-9-4-16(14-25(36)7-8-25)23(38)33-17-2-5-26(6-3-17,27(29,30)31)41-11-10-37/h12-13,15-17,37H,2-11,14H2,1H3,(H,33,38)(H,34,35)/t16-,17-,26-/m0/s1. The number of rotatable bonds is 8. The molecule has 1 spiro atoms. The molecule has 0 aromatic carbocycles. The molecule has 2 amide bonds. The third-order valence-corrected chi connectivity index (χ3v) is 8.60. The number of ether oxygens (including phenoxy) is 2. The highest BCUT2D eigenvalue weighted by Crippen LogP contribution is 2.51. The Kier molecular flexibility index (Phi) is 7.99.